The molecule has 1 atom stereocenters. The minimum atomic E-state index is -0.410. The number of carbonyl (C=O) groups excluding carboxylic acids is 2. The fraction of sp³-hybridized carbons (Fsp3) is 0.471. The van der Waals surface area contributed by atoms with Crippen LogP contribution in [0.3, 0.4) is 0 Å². The number of amides is 2. The summed E-state index contributed by atoms with van der Waals surface area (Å²) in [7, 11) is 0. The zero-order chi connectivity index (χ0) is 17.1. The third kappa shape index (κ3) is 3.51. The lowest BCUT2D eigenvalue weighted by atomic mass is 10.1. The van der Waals surface area contributed by atoms with Crippen LogP contribution in [0.15, 0.2) is 28.1 Å². The van der Waals surface area contributed by atoms with E-state index < -0.39 is 6.04 Å². The van der Waals surface area contributed by atoms with Gasteiger partial charge in [-0.15, -0.1) is 11.3 Å². The van der Waals surface area contributed by atoms with Gasteiger partial charge in [-0.25, -0.2) is 0 Å². The molecule has 2 aromatic heterocycles. The van der Waals surface area contributed by atoms with Crippen LogP contribution in [0.25, 0.3) is 0 Å². The fourth-order valence-electron chi connectivity index (χ4n) is 2.80. The SMILES string of the molecule is CC(C)c1cc(CNC(=O)[C@@H]2CCCN2C(=O)c2cccs2)on1. The minimum absolute atomic E-state index is 0.0654. The number of nitrogens with one attached hydrogen (secondary N) is 1. The largest absolute Gasteiger partial charge is 0.359 e. The van der Waals surface area contributed by atoms with Gasteiger partial charge in [0.05, 0.1) is 17.1 Å². The lowest BCUT2D eigenvalue weighted by molar-refractivity contribution is -0.125. The number of rotatable bonds is 5. The first-order valence-electron chi connectivity index (χ1n) is 8.14. The number of aromatic nitrogens is 1. The van der Waals surface area contributed by atoms with Gasteiger partial charge in [-0.3, -0.25) is 9.59 Å². The predicted octanol–water partition coefficient (Wildman–Crippen LogP) is 2.78. The second-order valence-electron chi connectivity index (χ2n) is 6.22. The maximum absolute atomic E-state index is 12.5. The number of carbonyl (C=O) groups is 2. The molecule has 1 fully saturated rings. The number of thiophene rings is 1. The van der Waals surface area contributed by atoms with Crippen molar-refractivity contribution >= 4 is 23.2 Å². The van der Waals surface area contributed by atoms with Crippen molar-refractivity contribution in [2.45, 2.75) is 45.2 Å². The van der Waals surface area contributed by atoms with Crippen LogP contribution >= 0.6 is 11.3 Å². The third-order valence-corrected chi connectivity index (χ3v) is 5.01. The van der Waals surface area contributed by atoms with Crippen LogP contribution in [0.1, 0.15) is 53.7 Å². The molecule has 0 radical (unpaired) electrons. The molecular formula is C17H21N3O3S. The van der Waals surface area contributed by atoms with E-state index in [1.54, 1.807) is 11.0 Å². The van der Waals surface area contributed by atoms with Crippen molar-refractivity contribution in [2.24, 2.45) is 0 Å². The lowest BCUT2D eigenvalue weighted by Crippen LogP contribution is -2.45. The Balaban J connectivity index is 1.60. The fourth-order valence-corrected chi connectivity index (χ4v) is 3.48. The summed E-state index contributed by atoms with van der Waals surface area (Å²) in [5.41, 5.74) is 0.870. The Morgan fingerprint density at radius 3 is 3.00 bits per heavy atom. The Bertz CT molecular complexity index is 708. The van der Waals surface area contributed by atoms with Gasteiger partial charge >= 0.3 is 0 Å². The summed E-state index contributed by atoms with van der Waals surface area (Å²) in [5.74, 6) is 0.706. The highest BCUT2D eigenvalue weighted by atomic mass is 32.1. The van der Waals surface area contributed by atoms with Gasteiger partial charge < -0.3 is 14.7 Å². The summed E-state index contributed by atoms with van der Waals surface area (Å²) in [5, 5.41) is 8.71. The monoisotopic (exact) mass is 347 g/mol. The smallest absolute Gasteiger partial charge is 0.264 e. The first-order chi connectivity index (χ1) is 11.6. The molecule has 1 N–H and O–H groups in total. The molecule has 24 heavy (non-hydrogen) atoms. The van der Waals surface area contributed by atoms with Gasteiger partial charge in [0.2, 0.25) is 5.91 Å². The molecule has 2 amide bonds. The second-order valence-corrected chi connectivity index (χ2v) is 7.17. The molecule has 1 aliphatic heterocycles. The molecule has 7 heteroatoms. The van der Waals surface area contributed by atoms with Crippen molar-refractivity contribution < 1.29 is 14.1 Å². The predicted molar refractivity (Wildman–Crippen MR) is 90.8 cm³/mol. The number of hydrogen-bond donors (Lipinski definition) is 1. The van der Waals surface area contributed by atoms with Crippen molar-refractivity contribution in [3.63, 3.8) is 0 Å². The molecule has 3 rings (SSSR count). The van der Waals surface area contributed by atoms with E-state index >= 15 is 0 Å². The molecule has 0 aromatic carbocycles. The van der Waals surface area contributed by atoms with E-state index in [0.29, 0.717) is 23.6 Å². The normalized spacial score (nSPS) is 17.5. The quantitative estimate of drug-likeness (QED) is 0.902. The van der Waals surface area contributed by atoms with Crippen molar-refractivity contribution in [1.29, 1.82) is 0 Å². The lowest BCUT2D eigenvalue weighted by Gasteiger charge is -2.23. The molecule has 0 unspecified atom stereocenters. The average molecular weight is 347 g/mol. The zero-order valence-electron chi connectivity index (χ0n) is 13.8. The first kappa shape index (κ1) is 16.7. The van der Waals surface area contributed by atoms with Gasteiger partial charge in [0, 0.05) is 12.6 Å². The van der Waals surface area contributed by atoms with E-state index in [2.05, 4.69) is 10.5 Å². The highest BCUT2D eigenvalue weighted by Crippen LogP contribution is 2.22. The van der Waals surface area contributed by atoms with Gasteiger partial charge in [-0.1, -0.05) is 25.1 Å². The molecule has 0 aliphatic carbocycles. The van der Waals surface area contributed by atoms with Crippen LogP contribution in [0.2, 0.25) is 0 Å². The van der Waals surface area contributed by atoms with E-state index in [-0.39, 0.29) is 24.3 Å². The Kier molecular flexibility index (Phi) is 4.99. The standard InChI is InChI=1S/C17H21N3O3S/c1-11(2)13-9-12(23-19-13)10-18-16(21)14-5-3-7-20(14)17(22)15-6-4-8-24-15/h4,6,8-9,11,14H,3,5,7,10H2,1-2H3,(H,18,21)/t14-/m0/s1. The zero-order valence-corrected chi connectivity index (χ0v) is 14.6. The maximum Gasteiger partial charge on any atom is 0.264 e. The van der Waals surface area contributed by atoms with E-state index in [1.807, 2.05) is 31.4 Å². The molecular weight excluding hydrogens is 326 g/mol. The number of nitrogens with zero attached hydrogens (tertiary/aromatic N) is 2. The number of hydrogen-bond acceptors (Lipinski definition) is 5. The minimum Gasteiger partial charge on any atom is -0.359 e. The summed E-state index contributed by atoms with van der Waals surface area (Å²) in [6.45, 7) is 4.98. The van der Waals surface area contributed by atoms with Gasteiger partial charge in [0.15, 0.2) is 5.76 Å². The summed E-state index contributed by atoms with van der Waals surface area (Å²) < 4.78 is 5.23. The molecule has 0 bridgehead atoms. The van der Waals surface area contributed by atoms with Crippen LogP contribution in [0.5, 0.6) is 0 Å². The van der Waals surface area contributed by atoms with Gasteiger partial charge in [0.1, 0.15) is 6.04 Å². The topological polar surface area (TPSA) is 75.4 Å². The highest BCUT2D eigenvalue weighted by molar-refractivity contribution is 7.12. The molecule has 2 aromatic rings. The molecule has 1 aliphatic rings. The maximum atomic E-state index is 12.5. The highest BCUT2D eigenvalue weighted by Gasteiger charge is 2.34. The molecule has 6 nitrogen and oxygen atoms in total. The van der Waals surface area contributed by atoms with Crippen molar-refractivity contribution in [3.8, 4) is 0 Å². The average Bonchev–Trinajstić information content (AvgIpc) is 3.33. The van der Waals surface area contributed by atoms with Crippen LogP contribution in [0, 0.1) is 0 Å². The molecule has 128 valence electrons. The van der Waals surface area contributed by atoms with Gasteiger partial charge in [-0.2, -0.15) is 0 Å². The third-order valence-electron chi connectivity index (χ3n) is 4.15. The van der Waals surface area contributed by atoms with Crippen LogP contribution < -0.4 is 5.32 Å². The van der Waals surface area contributed by atoms with Gasteiger partial charge in [0.25, 0.3) is 5.91 Å². The van der Waals surface area contributed by atoms with Crippen LogP contribution in [0.4, 0.5) is 0 Å². The van der Waals surface area contributed by atoms with E-state index in [1.165, 1.54) is 11.3 Å². The summed E-state index contributed by atoms with van der Waals surface area (Å²) in [6.07, 6.45) is 1.53. The van der Waals surface area contributed by atoms with E-state index in [9.17, 15) is 9.59 Å². The van der Waals surface area contributed by atoms with Crippen molar-refractivity contribution in [2.75, 3.05) is 6.54 Å². The molecule has 3 heterocycles. The number of likely N-dealkylation sites (tertiary alicyclic amines) is 1. The Morgan fingerprint density at radius 2 is 2.33 bits per heavy atom. The molecule has 0 spiro atoms. The van der Waals surface area contributed by atoms with E-state index in [4.69, 9.17) is 4.52 Å². The van der Waals surface area contributed by atoms with Crippen LogP contribution in [-0.2, 0) is 11.3 Å². The first-order valence-corrected chi connectivity index (χ1v) is 9.02. The summed E-state index contributed by atoms with van der Waals surface area (Å²) >= 11 is 1.40. The van der Waals surface area contributed by atoms with Gasteiger partial charge in [-0.05, 0) is 30.2 Å². The van der Waals surface area contributed by atoms with E-state index in [0.717, 1.165) is 12.1 Å². The summed E-state index contributed by atoms with van der Waals surface area (Å²) in [4.78, 5) is 27.3. The Morgan fingerprint density at radius 1 is 1.50 bits per heavy atom. The summed E-state index contributed by atoms with van der Waals surface area (Å²) in [6, 6.07) is 5.09. The van der Waals surface area contributed by atoms with Crippen LogP contribution in [-0.4, -0.2) is 34.5 Å². The Hall–Kier alpha value is -2.15. The molecule has 1 saturated heterocycles. The van der Waals surface area contributed by atoms with Crippen molar-refractivity contribution in [3.05, 3.63) is 39.9 Å². The molecule has 0 saturated carbocycles. The second kappa shape index (κ2) is 7.17. The Labute approximate surface area is 144 Å². The van der Waals surface area contributed by atoms with Crippen molar-refractivity contribution in [1.82, 2.24) is 15.4 Å².